The molecule has 5 nitrogen and oxygen atoms in total. The fourth-order valence-electron chi connectivity index (χ4n) is 1.000. The van der Waals surface area contributed by atoms with E-state index < -0.39 is 57.8 Å². The lowest BCUT2D eigenvalue weighted by atomic mass is 10.4. The highest BCUT2D eigenvalue weighted by atomic mass is 32.3. The minimum atomic E-state index is -4.98. The predicted octanol–water partition coefficient (Wildman–Crippen LogP) is 0.449. The molecule has 0 aromatic rings. The Balaban J connectivity index is 4.53. The highest BCUT2D eigenvalue weighted by molar-refractivity contribution is 7.86. The van der Waals surface area contributed by atoms with Crippen molar-refractivity contribution in [2.45, 2.75) is 6.18 Å². The van der Waals surface area contributed by atoms with Gasteiger partial charge in [0.25, 0.3) is 0 Å². The van der Waals surface area contributed by atoms with Gasteiger partial charge in [0.1, 0.15) is 0 Å². The Bertz CT molecular complexity index is 421. The fraction of sp³-hybridized carbons (Fsp3) is 1.00. The van der Waals surface area contributed by atoms with Crippen molar-refractivity contribution in [3.63, 3.8) is 0 Å². The summed E-state index contributed by atoms with van der Waals surface area (Å²) in [4.78, 5) is 0.300. The van der Waals surface area contributed by atoms with Crippen LogP contribution in [0.25, 0.3) is 0 Å². The third kappa shape index (κ3) is 12.0. The molecule has 0 heterocycles. The Hall–Kier alpha value is -0.490. The first kappa shape index (κ1) is 17.5. The number of alkyl halides is 3. The highest BCUT2D eigenvalue weighted by Crippen LogP contribution is 2.16. The Morgan fingerprint density at radius 1 is 0.833 bits per heavy atom. The van der Waals surface area contributed by atoms with Crippen LogP contribution >= 0.6 is 0 Å². The Kier molecular flexibility index (Phi) is 5.94. The monoisotopic (exact) mass is 319 g/mol. The number of rotatable bonds is 7. The van der Waals surface area contributed by atoms with Gasteiger partial charge in [0, 0.05) is 13.1 Å². The van der Waals surface area contributed by atoms with E-state index in [0.29, 0.717) is 4.90 Å². The first-order chi connectivity index (χ1) is 7.79. The molecule has 0 atom stereocenters. The minimum absolute atomic E-state index is 0.300. The molecule has 18 heavy (non-hydrogen) atoms. The van der Waals surface area contributed by atoms with Crippen LogP contribution < -0.4 is 0 Å². The maximum absolute atomic E-state index is 12.1. The molecule has 110 valence electrons. The van der Waals surface area contributed by atoms with Crippen molar-refractivity contribution in [3.05, 3.63) is 0 Å². The quantitative estimate of drug-likeness (QED) is 0.503. The molecule has 0 rings (SSSR count). The van der Waals surface area contributed by atoms with Crippen LogP contribution in [0.4, 0.5) is 20.9 Å². The molecule has 0 saturated carbocycles. The molecule has 0 aromatic heterocycles. The van der Waals surface area contributed by atoms with Crippen LogP contribution in [0, 0.1) is 0 Å². The van der Waals surface area contributed by atoms with E-state index in [1.54, 1.807) is 0 Å². The van der Waals surface area contributed by atoms with Crippen LogP contribution in [0.3, 0.4) is 0 Å². The van der Waals surface area contributed by atoms with E-state index in [-0.39, 0.29) is 0 Å². The average Bonchev–Trinajstić information content (AvgIpc) is 2.05. The highest BCUT2D eigenvalue weighted by Gasteiger charge is 2.31. The molecular weight excluding hydrogens is 309 g/mol. The lowest BCUT2D eigenvalue weighted by Crippen LogP contribution is -2.39. The van der Waals surface area contributed by atoms with Crippen LogP contribution in [0.5, 0.6) is 0 Å². The van der Waals surface area contributed by atoms with Crippen molar-refractivity contribution in [3.8, 4) is 0 Å². The van der Waals surface area contributed by atoms with Crippen molar-refractivity contribution in [1.82, 2.24) is 4.90 Å². The van der Waals surface area contributed by atoms with Gasteiger partial charge < -0.3 is 0 Å². The van der Waals surface area contributed by atoms with Gasteiger partial charge in [-0.15, -0.1) is 7.77 Å². The van der Waals surface area contributed by atoms with E-state index in [9.17, 15) is 37.8 Å². The lowest BCUT2D eigenvalue weighted by molar-refractivity contribution is -0.144. The van der Waals surface area contributed by atoms with Crippen molar-refractivity contribution < 1.29 is 37.8 Å². The van der Waals surface area contributed by atoms with E-state index >= 15 is 0 Å². The van der Waals surface area contributed by atoms with E-state index in [0.717, 1.165) is 0 Å². The second-order valence-electron chi connectivity index (χ2n) is 3.38. The molecule has 0 amide bonds. The number of nitrogens with zero attached hydrogens (tertiary/aromatic N) is 1. The molecule has 0 fully saturated rings. The van der Waals surface area contributed by atoms with Crippen molar-refractivity contribution in [2.75, 3.05) is 31.1 Å². The standard InChI is InChI=1S/C6H10F5NO4S2/c7-6(8,9)5-12(1-3-17(10,13)14)2-4-18(11,15)16/h1-5H2. The number of hydrogen-bond acceptors (Lipinski definition) is 5. The molecule has 0 aliphatic carbocycles. The van der Waals surface area contributed by atoms with Crippen LogP contribution in [-0.4, -0.2) is 59.1 Å². The summed E-state index contributed by atoms with van der Waals surface area (Å²) in [5.41, 5.74) is 0. The van der Waals surface area contributed by atoms with Crippen LogP contribution in [0.2, 0.25) is 0 Å². The normalized spacial score (nSPS) is 14.1. The lowest BCUT2D eigenvalue weighted by Gasteiger charge is -2.21. The van der Waals surface area contributed by atoms with Gasteiger partial charge in [-0.2, -0.15) is 30.0 Å². The van der Waals surface area contributed by atoms with Crippen LogP contribution in [0.15, 0.2) is 0 Å². The molecular formula is C6H10F5NO4S2. The van der Waals surface area contributed by atoms with Gasteiger partial charge in [0.05, 0.1) is 18.1 Å². The average molecular weight is 319 g/mol. The zero-order valence-corrected chi connectivity index (χ0v) is 10.5. The summed E-state index contributed by atoms with van der Waals surface area (Å²) in [6.07, 6.45) is -4.74. The predicted molar refractivity (Wildman–Crippen MR) is 52.3 cm³/mol. The van der Waals surface area contributed by atoms with E-state index in [2.05, 4.69) is 0 Å². The second kappa shape index (κ2) is 6.10. The third-order valence-electron chi connectivity index (χ3n) is 1.71. The van der Waals surface area contributed by atoms with Gasteiger partial charge in [-0.1, -0.05) is 0 Å². The van der Waals surface area contributed by atoms with Gasteiger partial charge in [0.15, 0.2) is 0 Å². The Morgan fingerprint density at radius 2 is 1.17 bits per heavy atom. The van der Waals surface area contributed by atoms with Gasteiger partial charge in [-0.3, -0.25) is 4.90 Å². The number of halogens is 5. The van der Waals surface area contributed by atoms with E-state index in [1.807, 2.05) is 0 Å². The van der Waals surface area contributed by atoms with Crippen molar-refractivity contribution >= 4 is 20.4 Å². The maximum Gasteiger partial charge on any atom is 0.401 e. The van der Waals surface area contributed by atoms with Gasteiger partial charge in [0.2, 0.25) is 0 Å². The summed E-state index contributed by atoms with van der Waals surface area (Å²) in [5.74, 6) is -2.45. The smallest absolute Gasteiger partial charge is 0.293 e. The molecule has 0 aliphatic rings. The SMILES string of the molecule is O=S(=O)(F)CCN(CCS(=O)(=O)F)CC(F)(F)F. The maximum atomic E-state index is 12.1. The molecule has 0 bridgehead atoms. The Labute approximate surface area is 101 Å². The molecule has 0 unspecified atom stereocenters. The summed E-state index contributed by atoms with van der Waals surface area (Å²) >= 11 is 0. The fourth-order valence-corrected chi connectivity index (χ4v) is 1.95. The second-order valence-corrected chi connectivity index (χ2v) is 6.35. The van der Waals surface area contributed by atoms with E-state index in [4.69, 9.17) is 0 Å². The summed E-state index contributed by atoms with van der Waals surface area (Å²) < 4.78 is 101. The molecule has 0 radical (unpaired) electrons. The summed E-state index contributed by atoms with van der Waals surface area (Å²) in [6, 6.07) is 0. The Morgan fingerprint density at radius 3 is 1.39 bits per heavy atom. The first-order valence-electron chi connectivity index (χ1n) is 4.42. The van der Waals surface area contributed by atoms with Gasteiger partial charge in [-0.25, -0.2) is 0 Å². The molecule has 0 spiro atoms. The molecule has 0 aliphatic heterocycles. The van der Waals surface area contributed by atoms with Crippen molar-refractivity contribution in [1.29, 1.82) is 0 Å². The topological polar surface area (TPSA) is 71.5 Å². The van der Waals surface area contributed by atoms with Gasteiger partial charge in [-0.05, 0) is 0 Å². The molecule has 0 N–H and O–H groups in total. The summed E-state index contributed by atoms with van der Waals surface area (Å²) in [5, 5.41) is 0. The van der Waals surface area contributed by atoms with Crippen LogP contribution in [-0.2, 0) is 20.4 Å². The zero-order valence-electron chi connectivity index (χ0n) is 8.82. The molecule has 0 saturated heterocycles. The number of hydrogen-bond donors (Lipinski definition) is 0. The zero-order chi connectivity index (χ0) is 14.6. The largest absolute Gasteiger partial charge is 0.401 e. The first-order valence-corrected chi connectivity index (χ1v) is 7.53. The summed E-state index contributed by atoms with van der Waals surface area (Å²) in [6.45, 7) is -3.42. The van der Waals surface area contributed by atoms with E-state index in [1.165, 1.54) is 0 Å². The van der Waals surface area contributed by atoms with Crippen molar-refractivity contribution in [2.24, 2.45) is 0 Å². The molecule has 0 aromatic carbocycles. The minimum Gasteiger partial charge on any atom is -0.293 e. The van der Waals surface area contributed by atoms with Gasteiger partial charge >= 0.3 is 26.6 Å². The molecule has 12 heteroatoms. The van der Waals surface area contributed by atoms with Crippen LogP contribution in [0.1, 0.15) is 0 Å². The summed E-state index contributed by atoms with van der Waals surface area (Å²) in [7, 11) is -9.96. The third-order valence-corrected chi connectivity index (χ3v) is 3.05.